The minimum atomic E-state index is -1.08. The molecule has 2 amide bonds. The number of carbonyl (C=O) groups excluding carboxylic acids is 1. The van der Waals surface area contributed by atoms with Crippen LogP contribution < -0.4 is 10.6 Å². The summed E-state index contributed by atoms with van der Waals surface area (Å²) >= 11 is 0. The Bertz CT molecular complexity index is 648. The number of para-hydroxylation sites is 1. The van der Waals surface area contributed by atoms with Crippen molar-refractivity contribution < 1.29 is 19.1 Å². The lowest BCUT2D eigenvalue weighted by molar-refractivity contribution is -0.138. The molecule has 0 fully saturated rings. The number of carboxylic acids is 1. The highest BCUT2D eigenvalue weighted by molar-refractivity contribution is 5.84. The molecule has 0 spiro atoms. The summed E-state index contributed by atoms with van der Waals surface area (Å²) in [4.78, 5) is 22.2. The van der Waals surface area contributed by atoms with E-state index < -0.39 is 18.0 Å². The summed E-state index contributed by atoms with van der Waals surface area (Å²) in [5.74, 6) is -0.345. The fraction of sp³-hybridized carbons (Fsp3) is 0.286. The fourth-order valence-corrected chi connectivity index (χ4v) is 1.92. The third kappa shape index (κ3) is 2.90. The molecular formula is C14H16N2O4. The average Bonchev–Trinajstić information content (AvgIpc) is 2.71. The number of aryl methyl sites for hydroxylation is 1. The number of nitrogens with one attached hydrogen (secondary N) is 2. The van der Waals surface area contributed by atoms with Crippen molar-refractivity contribution in [2.24, 2.45) is 0 Å². The third-order valence-electron chi connectivity index (χ3n) is 3.04. The molecule has 0 aliphatic rings. The largest absolute Gasteiger partial charge is 0.480 e. The Morgan fingerprint density at radius 3 is 2.75 bits per heavy atom. The number of urea groups is 1. The number of hydrogen-bond acceptors (Lipinski definition) is 3. The molecule has 6 heteroatoms. The number of benzene rings is 1. The number of fused-ring (bicyclic) bond motifs is 1. The molecule has 0 bridgehead atoms. The standard InChI is InChI=1S/C14H16N2O4/c1-8(13(17)18)16-14(19)15-7-11-9(2)20-12-6-4-3-5-10(11)12/h3-6,8H,7H2,1-2H3,(H,17,18)(H2,15,16,19)/t8-/m1/s1. The van der Waals surface area contributed by atoms with Crippen molar-refractivity contribution >= 4 is 23.0 Å². The van der Waals surface area contributed by atoms with Crippen molar-refractivity contribution in [1.82, 2.24) is 10.6 Å². The van der Waals surface area contributed by atoms with Crippen molar-refractivity contribution in [3.8, 4) is 0 Å². The van der Waals surface area contributed by atoms with E-state index in [1.54, 1.807) is 0 Å². The molecule has 1 aromatic carbocycles. The molecule has 2 rings (SSSR count). The van der Waals surface area contributed by atoms with Gasteiger partial charge in [0.25, 0.3) is 0 Å². The zero-order valence-corrected chi connectivity index (χ0v) is 11.3. The van der Waals surface area contributed by atoms with E-state index in [1.807, 2.05) is 31.2 Å². The van der Waals surface area contributed by atoms with E-state index in [2.05, 4.69) is 10.6 Å². The normalized spacial score (nSPS) is 12.1. The Labute approximate surface area is 115 Å². The summed E-state index contributed by atoms with van der Waals surface area (Å²) in [5.41, 5.74) is 1.65. The number of hydrogen-bond donors (Lipinski definition) is 3. The van der Waals surface area contributed by atoms with Gasteiger partial charge >= 0.3 is 12.0 Å². The van der Waals surface area contributed by atoms with Gasteiger partial charge in [0.1, 0.15) is 17.4 Å². The zero-order chi connectivity index (χ0) is 14.7. The fourth-order valence-electron chi connectivity index (χ4n) is 1.92. The van der Waals surface area contributed by atoms with Crippen LogP contribution in [0.2, 0.25) is 0 Å². The molecule has 106 valence electrons. The maximum Gasteiger partial charge on any atom is 0.325 e. The molecule has 0 saturated heterocycles. The quantitative estimate of drug-likeness (QED) is 0.796. The van der Waals surface area contributed by atoms with E-state index >= 15 is 0 Å². The first-order valence-electron chi connectivity index (χ1n) is 6.23. The Hall–Kier alpha value is -2.50. The van der Waals surface area contributed by atoms with Crippen LogP contribution >= 0.6 is 0 Å². The number of amides is 2. The second-order valence-electron chi connectivity index (χ2n) is 4.52. The minimum absolute atomic E-state index is 0.279. The van der Waals surface area contributed by atoms with Crippen molar-refractivity contribution in [3.63, 3.8) is 0 Å². The SMILES string of the molecule is Cc1oc2ccccc2c1CNC(=O)N[C@H](C)C(=O)O. The van der Waals surface area contributed by atoms with Crippen LogP contribution in [0.5, 0.6) is 0 Å². The second-order valence-corrected chi connectivity index (χ2v) is 4.52. The molecule has 0 radical (unpaired) electrons. The summed E-state index contributed by atoms with van der Waals surface area (Å²) in [6, 6.07) is 6.10. The molecule has 0 saturated carbocycles. The van der Waals surface area contributed by atoms with Gasteiger partial charge in [0, 0.05) is 17.5 Å². The van der Waals surface area contributed by atoms with Crippen LogP contribution in [-0.2, 0) is 11.3 Å². The first-order valence-corrected chi connectivity index (χ1v) is 6.23. The first-order chi connectivity index (χ1) is 9.49. The first kappa shape index (κ1) is 13.9. The van der Waals surface area contributed by atoms with Gasteiger partial charge < -0.3 is 20.2 Å². The Balaban J connectivity index is 2.04. The Kier molecular flexibility index (Phi) is 3.93. The topological polar surface area (TPSA) is 91.6 Å². The summed E-state index contributed by atoms with van der Waals surface area (Å²) in [6.07, 6.45) is 0. The number of carboxylic acid groups (broad SMARTS) is 1. The molecule has 6 nitrogen and oxygen atoms in total. The Morgan fingerprint density at radius 1 is 1.35 bits per heavy atom. The molecule has 20 heavy (non-hydrogen) atoms. The Morgan fingerprint density at radius 2 is 2.05 bits per heavy atom. The van der Waals surface area contributed by atoms with Gasteiger partial charge in [-0.3, -0.25) is 4.79 Å². The van der Waals surface area contributed by atoms with E-state index in [4.69, 9.17) is 9.52 Å². The van der Waals surface area contributed by atoms with Gasteiger partial charge in [-0.2, -0.15) is 0 Å². The van der Waals surface area contributed by atoms with Gasteiger partial charge in [-0.05, 0) is 19.9 Å². The van der Waals surface area contributed by atoms with Gasteiger partial charge in [0.05, 0.1) is 0 Å². The monoisotopic (exact) mass is 276 g/mol. The van der Waals surface area contributed by atoms with Crippen molar-refractivity contribution in [1.29, 1.82) is 0 Å². The molecule has 1 atom stereocenters. The lowest BCUT2D eigenvalue weighted by Crippen LogP contribution is -2.44. The molecule has 1 heterocycles. The lowest BCUT2D eigenvalue weighted by Gasteiger charge is -2.10. The van der Waals surface area contributed by atoms with Gasteiger partial charge in [0.15, 0.2) is 0 Å². The van der Waals surface area contributed by atoms with Gasteiger partial charge in [-0.25, -0.2) is 4.79 Å². The van der Waals surface area contributed by atoms with Crippen LogP contribution in [0.3, 0.4) is 0 Å². The van der Waals surface area contributed by atoms with Gasteiger partial charge in [0.2, 0.25) is 0 Å². The smallest absolute Gasteiger partial charge is 0.325 e. The van der Waals surface area contributed by atoms with Crippen LogP contribution in [0.15, 0.2) is 28.7 Å². The van der Waals surface area contributed by atoms with Gasteiger partial charge in [-0.15, -0.1) is 0 Å². The zero-order valence-electron chi connectivity index (χ0n) is 11.3. The van der Waals surface area contributed by atoms with Crippen LogP contribution in [0.1, 0.15) is 18.2 Å². The number of rotatable bonds is 4. The lowest BCUT2D eigenvalue weighted by atomic mass is 10.1. The van der Waals surface area contributed by atoms with E-state index in [0.717, 1.165) is 22.3 Å². The second kappa shape index (κ2) is 5.64. The van der Waals surface area contributed by atoms with E-state index in [9.17, 15) is 9.59 Å². The molecule has 1 aromatic heterocycles. The van der Waals surface area contributed by atoms with Crippen molar-refractivity contribution in [3.05, 3.63) is 35.6 Å². The third-order valence-corrected chi connectivity index (χ3v) is 3.04. The number of carbonyl (C=O) groups is 2. The summed E-state index contributed by atoms with van der Waals surface area (Å²) in [7, 11) is 0. The predicted octanol–water partition coefficient (Wildman–Crippen LogP) is 2.01. The average molecular weight is 276 g/mol. The van der Waals surface area contributed by atoms with Crippen LogP contribution in [-0.4, -0.2) is 23.1 Å². The molecular weight excluding hydrogens is 260 g/mol. The van der Waals surface area contributed by atoms with E-state index in [0.29, 0.717) is 0 Å². The molecule has 0 unspecified atom stereocenters. The maximum absolute atomic E-state index is 11.6. The molecule has 0 aliphatic carbocycles. The van der Waals surface area contributed by atoms with Crippen molar-refractivity contribution in [2.45, 2.75) is 26.4 Å². The predicted molar refractivity (Wildman–Crippen MR) is 73.4 cm³/mol. The maximum atomic E-state index is 11.6. The minimum Gasteiger partial charge on any atom is -0.480 e. The highest BCUT2D eigenvalue weighted by Crippen LogP contribution is 2.24. The summed E-state index contributed by atoms with van der Waals surface area (Å²) in [6.45, 7) is 3.51. The highest BCUT2D eigenvalue weighted by atomic mass is 16.4. The highest BCUT2D eigenvalue weighted by Gasteiger charge is 2.15. The number of furan rings is 1. The number of aliphatic carboxylic acids is 1. The van der Waals surface area contributed by atoms with Crippen LogP contribution in [0.25, 0.3) is 11.0 Å². The van der Waals surface area contributed by atoms with Crippen LogP contribution in [0, 0.1) is 6.92 Å². The van der Waals surface area contributed by atoms with Gasteiger partial charge in [-0.1, -0.05) is 18.2 Å². The van der Waals surface area contributed by atoms with E-state index in [1.165, 1.54) is 6.92 Å². The summed E-state index contributed by atoms with van der Waals surface area (Å²) < 4.78 is 5.58. The summed E-state index contributed by atoms with van der Waals surface area (Å²) in [5, 5.41) is 14.6. The molecule has 3 N–H and O–H groups in total. The molecule has 0 aliphatic heterocycles. The van der Waals surface area contributed by atoms with Crippen molar-refractivity contribution in [2.75, 3.05) is 0 Å². The van der Waals surface area contributed by atoms with E-state index in [-0.39, 0.29) is 6.54 Å². The molecule has 2 aromatic rings. The van der Waals surface area contributed by atoms with Crippen LogP contribution in [0.4, 0.5) is 4.79 Å².